The molecule has 30 heavy (non-hydrogen) atoms. The zero-order valence-electron chi connectivity index (χ0n) is 18.5. The second kappa shape index (κ2) is 6.60. The van der Waals surface area contributed by atoms with Crippen molar-refractivity contribution in [3.05, 3.63) is 53.1 Å². The van der Waals surface area contributed by atoms with Crippen LogP contribution in [0.3, 0.4) is 0 Å². The van der Waals surface area contributed by atoms with E-state index in [0.717, 1.165) is 17.8 Å². The van der Waals surface area contributed by atoms with Gasteiger partial charge in [-0.3, -0.25) is 0 Å². The molecule has 4 aliphatic carbocycles. The molecule has 2 aromatic rings. The van der Waals surface area contributed by atoms with Crippen LogP contribution in [-0.4, -0.2) is 31.6 Å². The minimum absolute atomic E-state index is 0.369. The van der Waals surface area contributed by atoms with Crippen LogP contribution in [0.15, 0.2) is 36.4 Å². The molecule has 0 unspecified atom stereocenters. The maximum Gasteiger partial charge on any atom is 0.292 e. The van der Waals surface area contributed by atoms with Crippen LogP contribution < -0.4 is 9.64 Å². The molecule has 0 radical (unpaired) electrons. The van der Waals surface area contributed by atoms with Gasteiger partial charge in [-0.1, -0.05) is 6.07 Å². The van der Waals surface area contributed by atoms with Crippen LogP contribution in [-0.2, 0) is 5.41 Å². The highest BCUT2D eigenvalue weighted by molar-refractivity contribution is 5.83. The molecule has 4 saturated carbocycles. The summed E-state index contributed by atoms with van der Waals surface area (Å²) < 4.78 is 8.77. The third-order valence-corrected chi connectivity index (χ3v) is 8.21. The molecule has 1 heterocycles. The van der Waals surface area contributed by atoms with Crippen molar-refractivity contribution in [2.24, 2.45) is 17.8 Å². The summed E-state index contributed by atoms with van der Waals surface area (Å²) in [5.74, 6) is 4.02. The maximum atomic E-state index is 6.53. The van der Waals surface area contributed by atoms with Gasteiger partial charge in [-0.05, 0) is 92.4 Å². The molecular weight excluding hydrogens is 368 g/mol. The van der Waals surface area contributed by atoms with E-state index < -0.39 is 0 Å². The van der Waals surface area contributed by atoms with E-state index in [1.54, 1.807) is 0 Å². The first-order valence-electron chi connectivity index (χ1n) is 11.7. The molecule has 1 aliphatic heterocycles. The van der Waals surface area contributed by atoms with Crippen molar-refractivity contribution in [1.82, 2.24) is 0 Å². The number of fused-ring (bicyclic) bond motifs is 1. The van der Waals surface area contributed by atoms with Gasteiger partial charge in [-0.25, -0.2) is 0 Å². The Hall–Kier alpha value is -2.29. The molecule has 0 aromatic heterocycles. The van der Waals surface area contributed by atoms with Gasteiger partial charge in [0.1, 0.15) is 5.75 Å². The van der Waals surface area contributed by atoms with Crippen LogP contribution in [0.2, 0.25) is 0 Å². The molecule has 156 valence electrons. The summed E-state index contributed by atoms with van der Waals surface area (Å²) >= 11 is 0. The number of anilines is 1. The van der Waals surface area contributed by atoms with Gasteiger partial charge >= 0.3 is 0 Å². The lowest BCUT2D eigenvalue weighted by molar-refractivity contribution is -0.476. The van der Waals surface area contributed by atoms with Crippen LogP contribution in [0, 0.1) is 24.7 Å². The fourth-order valence-electron chi connectivity index (χ4n) is 7.32. The third-order valence-electron chi connectivity index (χ3n) is 8.21. The molecule has 4 bridgehead atoms. The summed E-state index contributed by atoms with van der Waals surface area (Å²) in [4.78, 5) is 2.14. The molecule has 7 rings (SSSR count). The van der Waals surface area contributed by atoms with Crippen molar-refractivity contribution in [3.8, 4) is 5.75 Å². The summed E-state index contributed by atoms with van der Waals surface area (Å²) in [5.41, 5.74) is 6.92. The van der Waals surface area contributed by atoms with E-state index in [4.69, 9.17) is 4.74 Å². The Morgan fingerprint density at radius 1 is 0.933 bits per heavy atom. The summed E-state index contributed by atoms with van der Waals surface area (Å²) in [6.07, 6.45) is 10.9. The average Bonchev–Trinajstić information content (AvgIpc) is 2.72. The zero-order valence-corrected chi connectivity index (χ0v) is 18.5. The minimum Gasteiger partial charge on any atom is -0.435 e. The van der Waals surface area contributed by atoms with Crippen molar-refractivity contribution >= 4 is 17.6 Å². The van der Waals surface area contributed by atoms with Gasteiger partial charge in [0.15, 0.2) is 6.21 Å². The SMILES string of the molecule is Cc1cc2c(c(C34CC5CC(CC(C5)C3)C4)c1)OC[N+](c1ccc(N(C)C)cc1)=C2. The van der Waals surface area contributed by atoms with E-state index in [9.17, 15) is 0 Å². The molecule has 4 fully saturated rings. The Kier molecular flexibility index (Phi) is 4.07. The Labute approximate surface area is 180 Å². The summed E-state index contributed by atoms with van der Waals surface area (Å²) in [7, 11) is 4.16. The standard InChI is InChI=1S/C27H33N2O/c1-18-8-22-16-29(24-6-4-23(5-7-24)28(2)3)17-30-26(22)25(9-18)27-13-19-10-20(14-27)12-21(11-19)15-27/h4-9,16,19-21H,10-15,17H2,1-3H3/q+1. The molecule has 0 spiro atoms. The fourth-order valence-corrected chi connectivity index (χ4v) is 7.32. The Bertz CT molecular complexity index is 983. The number of aryl methyl sites for hydroxylation is 1. The van der Waals surface area contributed by atoms with Gasteiger partial charge in [0.05, 0.1) is 5.56 Å². The minimum atomic E-state index is 0.369. The highest BCUT2D eigenvalue weighted by atomic mass is 16.5. The van der Waals surface area contributed by atoms with Crippen LogP contribution in [0.4, 0.5) is 11.4 Å². The number of nitrogens with zero attached hydrogens (tertiary/aromatic N) is 2. The smallest absolute Gasteiger partial charge is 0.292 e. The van der Waals surface area contributed by atoms with Gasteiger partial charge in [-0.15, -0.1) is 0 Å². The lowest BCUT2D eigenvalue weighted by Gasteiger charge is -2.57. The zero-order chi connectivity index (χ0) is 20.5. The number of hydrogen-bond donors (Lipinski definition) is 0. The van der Waals surface area contributed by atoms with Gasteiger partial charge < -0.3 is 9.64 Å². The first-order chi connectivity index (χ1) is 14.5. The lowest BCUT2D eigenvalue weighted by atomic mass is 9.48. The van der Waals surface area contributed by atoms with Gasteiger partial charge in [0.25, 0.3) is 6.73 Å². The van der Waals surface area contributed by atoms with Gasteiger partial charge in [-0.2, -0.15) is 4.58 Å². The lowest BCUT2D eigenvalue weighted by Crippen LogP contribution is -2.48. The first-order valence-corrected chi connectivity index (χ1v) is 11.7. The summed E-state index contributed by atoms with van der Waals surface area (Å²) in [5, 5.41) is 0. The number of hydrogen-bond acceptors (Lipinski definition) is 2. The second-order valence-corrected chi connectivity index (χ2v) is 10.7. The van der Waals surface area contributed by atoms with Crippen LogP contribution in [0.5, 0.6) is 5.75 Å². The quantitative estimate of drug-likeness (QED) is 0.618. The van der Waals surface area contributed by atoms with E-state index >= 15 is 0 Å². The fraction of sp³-hybridized carbons (Fsp3) is 0.519. The van der Waals surface area contributed by atoms with Crippen LogP contribution in [0.25, 0.3) is 0 Å². The summed E-state index contributed by atoms with van der Waals surface area (Å²) in [6.45, 7) is 2.85. The van der Waals surface area contributed by atoms with Crippen LogP contribution >= 0.6 is 0 Å². The van der Waals surface area contributed by atoms with E-state index in [-0.39, 0.29) is 0 Å². The molecule has 5 aliphatic rings. The van der Waals surface area contributed by atoms with Crippen molar-refractivity contribution in [2.45, 2.75) is 50.9 Å². The van der Waals surface area contributed by atoms with Crippen LogP contribution in [0.1, 0.15) is 55.2 Å². The van der Waals surface area contributed by atoms with E-state index in [1.165, 1.54) is 72.3 Å². The van der Waals surface area contributed by atoms with Gasteiger partial charge in [0, 0.05) is 37.5 Å². The first kappa shape index (κ1) is 18.5. The van der Waals surface area contributed by atoms with Gasteiger partial charge in [0.2, 0.25) is 5.69 Å². The van der Waals surface area contributed by atoms with E-state index in [2.05, 4.69) is 73.1 Å². The highest BCUT2D eigenvalue weighted by Gasteiger charge is 2.53. The predicted octanol–water partition coefficient (Wildman–Crippen LogP) is 5.64. The second-order valence-electron chi connectivity index (χ2n) is 10.7. The predicted molar refractivity (Wildman–Crippen MR) is 122 cm³/mol. The van der Waals surface area contributed by atoms with Crippen molar-refractivity contribution < 1.29 is 9.31 Å². The number of rotatable bonds is 3. The molecule has 0 N–H and O–H groups in total. The average molecular weight is 402 g/mol. The highest BCUT2D eigenvalue weighted by Crippen LogP contribution is 2.62. The number of benzene rings is 2. The topological polar surface area (TPSA) is 15.5 Å². The number of ether oxygens (including phenoxy) is 1. The maximum absolute atomic E-state index is 6.53. The third kappa shape index (κ3) is 2.89. The van der Waals surface area contributed by atoms with E-state index in [1.807, 2.05) is 0 Å². The molecule has 2 aromatic carbocycles. The molecule has 3 heteroatoms. The Morgan fingerprint density at radius 3 is 2.17 bits per heavy atom. The molecule has 3 nitrogen and oxygen atoms in total. The normalized spacial score (nSPS) is 31.2. The Morgan fingerprint density at radius 2 is 1.57 bits per heavy atom. The van der Waals surface area contributed by atoms with Crippen molar-refractivity contribution in [2.75, 3.05) is 25.7 Å². The molecule has 0 atom stereocenters. The summed E-state index contributed by atoms with van der Waals surface area (Å²) in [6, 6.07) is 13.5. The largest absolute Gasteiger partial charge is 0.435 e. The van der Waals surface area contributed by atoms with E-state index in [0.29, 0.717) is 12.1 Å². The monoisotopic (exact) mass is 401 g/mol. The molecular formula is C27H33N2O+. The van der Waals surface area contributed by atoms with Crippen molar-refractivity contribution in [1.29, 1.82) is 0 Å². The molecule has 0 amide bonds. The van der Waals surface area contributed by atoms with Crippen molar-refractivity contribution in [3.63, 3.8) is 0 Å². The molecule has 0 saturated heterocycles. The Balaban J connectivity index is 1.39.